The molecule has 3 fully saturated rings. The summed E-state index contributed by atoms with van der Waals surface area (Å²) in [5.74, 6) is 0.445. The molecule has 3 saturated heterocycles. The molecule has 1 aromatic carbocycles. The Morgan fingerprint density at radius 3 is 2.64 bits per heavy atom. The van der Waals surface area contributed by atoms with Crippen LogP contribution >= 0.6 is 24.0 Å². The molecule has 0 spiro atoms. The number of benzene rings is 1. The van der Waals surface area contributed by atoms with Gasteiger partial charge in [0.1, 0.15) is 15.8 Å². The van der Waals surface area contributed by atoms with E-state index in [1.165, 1.54) is 17.3 Å². The van der Waals surface area contributed by atoms with Gasteiger partial charge in [-0.2, -0.15) is 0 Å². The van der Waals surface area contributed by atoms with E-state index in [1.807, 2.05) is 25.1 Å². The first kappa shape index (κ1) is 26.2. The SMILES string of the molecule is Cc1ccc2nc(N3CCN(Cc4ccccc4)CC3)c(/C=C3\SC(=S)N(C[C@@H]4CCCO4)C3=O)c(=O)n2c1. The lowest BCUT2D eigenvalue weighted by molar-refractivity contribution is -0.123. The average molecular weight is 562 g/mol. The minimum Gasteiger partial charge on any atom is -0.376 e. The molecule has 8 nitrogen and oxygen atoms in total. The summed E-state index contributed by atoms with van der Waals surface area (Å²) < 4.78 is 7.81. The zero-order valence-electron chi connectivity index (χ0n) is 21.9. The molecule has 3 aliphatic rings. The largest absolute Gasteiger partial charge is 0.376 e. The van der Waals surface area contributed by atoms with Gasteiger partial charge in [0.25, 0.3) is 11.5 Å². The van der Waals surface area contributed by atoms with Crippen molar-refractivity contribution in [2.75, 3.05) is 44.2 Å². The number of thiocarbonyl (C=S) groups is 1. The third kappa shape index (κ3) is 5.51. The number of rotatable bonds is 6. The molecular formula is C29H31N5O3S2. The molecule has 0 bridgehead atoms. The number of thioether (sulfide) groups is 1. The maximum atomic E-state index is 13.8. The summed E-state index contributed by atoms with van der Waals surface area (Å²) in [6.07, 6.45) is 5.42. The summed E-state index contributed by atoms with van der Waals surface area (Å²) in [7, 11) is 0. The van der Waals surface area contributed by atoms with E-state index in [9.17, 15) is 9.59 Å². The minimum absolute atomic E-state index is 0.00512. The lowest BCUT2D eigenvalue weighted by atomic mass is 10.1. The fourth-order valence-corrected chi connectivity index (χ4v) is 6.61. The predicted molar refractivity (Wildman–Crippen MR) is 159 cm³/mol. The Kier molecular flexibility index (Phi) is 7.53. The van der Waals surface area contributed by atoms with Crippen molar-refractivity contribution in [3.05, 3.63) is 80.6 Å². The standard InChI is InChI=1S/C29H31N5O3S2/c1-20-9-10-25-30-26(32-13-11-31(12-14-32)18-21-6-3-2-4-7-21)23(27(35)33(25)17-20)16-24-28(36)34(29(38)39-24)19-22-8-5-15-37-22/h2-4,6-7,9-10,16-17,22H,5,8,11-15,18-19H2,1H3/b24-16-/t22-/m0/s1. The quantitative estimate of drug-likeness (QED) is 0.333. The van der Waals surface area contributed by atoms with E-state index in [0.29, 0.717) is 32.8 Å². The summed E-state index contributed by atoms with van der Waals surface area (Å²) >= 11 is 6.80. The van der Waals surface area contributed by atoms with Gasteiger partial charge in [0.05, 0.1) is 23.1 Å². The van der Waals surface area contributed by atoms with Crippen molar-refractivity contribution < 1.29 is 9.53 Å². The molecule has 202 valence electrons. The second-order valence-corrected chi connectivity index (χ2v) is 11.9. The van der Waals surface area contributed by atoms with E-state index in [-0.39, 0.29) is 17.6 Å². The van der Waals surface area contributed by atoms with E-state index in [4.69, 9.17) is 21.9 Å². The molecule has 0 aliphatic carbocycles. The maximum Gasteiger partial charge on any atom is 0.267 e. The Hall–Kier alpha value is -3.05. The van der Waals surface area contributed by atoms with Crippen LogP contribution < -0.4 is 10.5 Å². The third-order valence-corrected chi connectivity index (χ3v) is 8.84. The monoisotopic (exact) mass is 561 g/mol. The molecule has 2 aromatic heterocycles. The van der Waals surface area contributed by atoms with Crippen LogP contribution in [-0.2, 0) is 16.1 Å². The first-order valence-corrected chi connectivity index (χ1v) is 14.6. The number of carbonyl (C=O) groups excluding carboxylic acids is 1. The molecule has 3 aliphatic heterocycles. The lowest BCUT2D eigenvalue weighted by Crippen LogP contribution is -2.47. The van der Waals surface area contributed by atoms with Crippen molar-refractivity contribution in [1.29, 1.82) is 0 Å². The van der Waals surface area contributed by atoms with Gasteiger partial charge in [0.2, 0.25) is 0 Å². The molecule has 0 saturated carbocycles. The summed E-state index contributed by atoms with van der Waals surface area (Å²) in [6, 6.07) is 14.3. The van der Waals surface area contributed by atoms with Gasteiger partial charge in [0, 0.05) is 45.5 Å². The van der Waals surface area contributed by atoms with Crippen LogP contribution in [0.15, 0.2) is 58.4 Å². The van der Waals surface area contributed by atoms with Crippen molar-refractivity contribution in [3.8, 4) is 0 Å². The molecule has 0 radical (unpaired) electrons. The third-order valence-electron chi connectivity index (χ3n) is 7.47. The molecule has 5 heterocycles. The number of aryl methyl sites for hydroxylation is 1. The summed E-state index contributed by atoms with van der Waals surface area (Å²) in [5.41, 5.74) is 3.08. The van der Waals surface area contributed by atoms with Crippen molar-refractivity contribution in [1.82, 2.24) is 19.2 Å². The molecule has 1 atom stereocenters. The molecule has 6 rings (SSSR count). The molecule has 0 unspecified atom stereocenters. The number of amides is 1. The number of carbonyl (C=O) groups is 1. The second kappa shape index (κ2) is 11.2. The molecule has 3 aromatic rings. The van der Waals surface area contributed by atoms with Gasteiger partial charge in [-0.05, 0) is 43.0 Å². The molecule has 39 heavy (non-hydrogen) atoms. The highest BCUT2D eigenvalue weighted by Gasteiger charge is 2.35. The molecular weight excluding hydrogens is 530 g/mol. The number of aromatic nitrogens is 2. The van der Waals surface area contributed by atoms with Crippen LogP contribution in [0.3, 0.4) is 0 Å². The first-order chi connectivity index (χ1) is 19.0. The number of hydrogen-bond acceptors (Lipinski definition) is 8. The Balaban J connectivity index is 1.31. The minimum atomic E-state index is -0.185. The van der Waals surface area contributed by atoms with Crippen LogP contribution in [0, 0.1) is 6.92 Å². The van der Waals surface area contributed by atoms with Gasteiger partial charge >= 0.3 is 0 Å². The summed E-state index contributed by atoms with van der Waals surface area (Å²) in [6.45, 7) is 7.19. The van der Waals surface area contributed by atoms with Crippen LogP contribution in [0.25, 0.3) is 11.7 Å². The molecule has 1 amide bonds. The van der Waals surface area contributed by atoms with Crippen molar-refractivity contribution in [2.24, 2.45) is 0 Å². The van der Waals surface area contributed by atoms with Crippen molar-refractivity contribution in [3.63, 3.8) is 0 Å². The highest BCUT2D eigenvalue weighted by Crippen LogP contribution is 2.34. The zero-order chi connectivity index (χ0) is 26.9. The van der Waals surface area contributed by atoms with Gasteiger partial charge in [-0.25, -0.2) is 4.98 Å². The highest BCUT2D eigenvalue weighted by atomic mass is 32.2. The second-order valence-electron chi connectivity index (χ2n) is 10.3. The van der Waals surface area contributed by atoms with Gasteiger partial charge in [-0.1, -0.05) is 60.4 Å². The van der Waals surface area contributed by atoms with Gasteiger partial charge < -0.3 is 9.64 Å². The van der Waals surface area contributed by atoms with Crippen molar-refractivity contribution >= 4 is 51.7 Å². The first-order valence-electron chi connectivity index (χ1n) is 13.4. The molecule has 10 heteroatoms. The van der Waals surface area contributed by atoms with E-state index in [2.05, 4.69) is 34.1 Å². The Labute approximate surface area is 237 Å². The summed E-state index contributed by atoms with van der Waals surface area (Å²) in [4.78, 5) is 38.8. The Morgan fingerprint density at radius 2 is 1.90 bits per heavy atom. The number of hydrogen-bond donors (Lipinski definition) is 0. The normalized spacial score (nSPS) is 21.6. The number of nitrogens with zero attached hydrogens (tertiary/aromatic N) is 5. The molecule has 0 N–H and O–H groups in total. The van der Waals surface area contributed by atoms with Crippen LogP contribution in [0.4, 0.5) is 5.82 Å². The Morgan fingerprint density at radius 1 is 1.10 bits per heavy atom. The van der Waals surface area contributed by atoms with E-state index >= 15 is 0 Å². The number of ether oxygens (including phenoxy) is 1. The number of piperazine rings is 1. The van der Waals surface area contributed by atoms with E-state index in [0.717, 1.165) is 57.7 Å². The fraction of sp³-hybridized carbons (Fsp3) is 0.379. The highest BCUT2D eigenvalue weighted by molar-refractivity contribution is 8.26. The number of anilines is 1. The summed E-state index contributed by atoms with van der Waals surface area (Å²) in [5, 5.41) is 0. The Bertz CT molecular complexity index is 1490. The lowest BCUT2D eigenvalue weighted by Gasteiger charge is -2.36. The van der Waals surface area contributed by atoms with Crippen LogP contribution in [0.1, 0.15) is 29.5 Å². The van der Waals surface area contributed by atoms with E-state index < -0.39 is 0 Å². The average Bonchev–Trinajstić information content (AvgIpc) is 3.55. The van der Waals surface area contributed by atoms with Gasteiger partial charge in [-0.15, -0.1) is 0 Å². The fourth-order valence-electron chi connectivity index (χ4n) is 5.35. The number of fused-ring (bicyclic) bond motifs is 1. The topological polar surface area (TPSA) is 70.4 Å². The van der Waals surface area contributed by atoms with Gasteiger partial charge in [-0.3, -0.25) is 23.8 Å². The van der Waals surface area contributed by atoms with E-state index in [1.54, 1.807) is 21.6 Å². The van der Waals surface area contributed by atoms with Crippen LogP contribution in [0.2, 0.25) is 0 Å². The zero-order valence-corrected chi connectivity index (χ0v) is 23.5. The predicted octanol–water partition coefficient (Wildman–Crippen LogP) is 3.71. The number of pyridine rings is 1. The maximum absolute atomic E-state index is 13.8. The van der Waals surface area contributed by atoms with Gasteiger partial charge in [0.15, 0.2) is 0 Å². The van der Waals surface area contributed by atoms with Crippen molar-refractivity contribution in [2.45, 2.75) is 32.4 Å². The smallest absolute Gasteiger partial charge is 0.267 e. The van der Waals surface area contributed by atoms with Crippen LogP contribution in [-0.4, -0.2) is 74.8 Å². The van der Waals surface area contributed by atoms with Crippen LogP contribution in [0.5, 0.6) is 0 Å².